The molecule has 0 aliphatic carbocycles. The zero-order valence-corrected chi connectivity index (χ0v) is 15.2. The minimum absolute atomic E-state index is 0.0218. The molecule has 0 saturated heterocycles. The van der Waals surface area contributed by atoms with E-state index in [0.717, 1.165) is 33.7 Å². The lowest BCUT2D eigenvalue weighted by Gasteiger charge is -2.11. The van der Waals surface area contributed by atoms with E-state index in [9.17, 15) is 4.79 Å². The first-order valence-corrected chi connectivity index (χ1v) is 8.60. The fourth-order valence-electron chi connectivity index (χ4n) is 2.83. The molecule has 1 amide bonds. The zero-order valence-electron chi connectivity index (χ0n) is 15.2. The largest absolute Gasteiger partial charge is 0.483 e. The third kappa shape index (κ3) is 3.94. The number of rotatable bonds is 7. The van der Waals surface area contributed by atoms with Gasteiger partial charge in [-0.3, -0.25) is 4.79 Å². The van der Waals surface area contributed by atoms with Gasteiger partial charge >= 0.3 is 0 Å². The summed E-state index contributed by atoms with van der Waals surface area (Å²) >= 11 is 0. The monoisotopic (exact) mass is 349 g/mol. The van der Waals surface area contributed by atoms with Crippen molar-refractivity contribution < 1.29 is 9.53 Å². The number of aryl methyl sites for hydroxylation is 2. The van der Waals surface area contributed by atoms with Crippen LogP contribution in [0.2, 0.25) is 0 Å². The minimum Gasteiger partial charge on any atom is -0.483 e. The van der Waals surface area contributed by atoms with E-state index >= 15 is 0 Å². The van der Waals surface area contributed by atoms with Gasteiger partial charge < -0.3 is 14.6 Å². The van der Waals surface area contributed by atoms with Crippen molar-refractivity contribution in [3.05, 3.63) is 72.1 Å². The van der Waals surface area contributed by atoms with E-state index in [2.05, 4.69) is 16.9 Å². The van der Waals surface area contributed by atoms with Crippen molar-refractivity contribution in [1.82, 2.24) is 14.9 Å². The Balaban J connectivity index is 1.64. The van der Waals surface area contributed by atoms with Crippen LogP contribution in [0.25, 0.3) is 11.0 Å². The summed E-state index contributed by atoms with van der Waals surface area (Å²) in [7, 11) is 0. The average molecular weight is 349 g/mol. The quantitative estimate of drug-likeness (QED) is 0.664. The fraction of sp³-hybridized carbons (Fsp3) is 0.238. The van der Waals surface area contributed by atoms with E-state index in [-0.39, 0.29) is 12.5 Å². The molecule has 0 bridgehead atoms. The van der Waals surface area contributed by atoms with Crippen molar-refractivity contribution in [1.29, 1.82) is 0 Å². The SMILES string of the molecule is C=CCn1c(CNC(=O)COc2cc(C)ccc2C)nc2ccccc21. The number of fused-ring (bicyclic) bond motifs is 1. The van der Waals surface area contributed by atoms with Crippen LogP contribution in [0.3, 0.4) is 0 Å². The number of ether oxygens (including phenoxy) is 1. The molecule has 3 rings (SSSR count). The van der Waals surface area contributed by atoms with Crippen molar-refractivity contribution in [2.75, 3.05) is 6.61 Å². The highest BCUT2D eigenvalue weighted by Gasteiger charge is 2.11. The molecule has 0 unspecified atom stereocenters. The number of nitrogens with one attached hydrogen (secondary N) is 1. The molecule has 5 heteroatoms. The van der Waals surface area contributed by atoms with Crippen molar-refractivity contribution >= 4 is 16.9 Å². The van der Waals surface area contributed by atoms with Gasteiger partial charge in [-0.05, 0) is 43.2 Å². The predicted molar refractivity (Wildman–Crippen MR) is 103 cm³/mol. The van der Waals surface area contributed by atoms with E-state index in [0.29, 0.717) is 13.1 Å². The molecule has 0 fully saturated rings. The first-order valence-electron chi connectivity index (χ1n) is 8.60. The summed E-state index contributed by atoms with van der Waals surface area (Å²) in [6, 6.07) is 13.8. The molecule has 0 saturated carbocycles. The van der Waals surface area contributed by atoms with Crippen LogP contribution in [0.5, 0.6) is 5.75 Å². The third-order valence-electron chi connectivity index (χ3n) is 4.19. The molecule has 0 aliphatic rings. The maximum atomic E-state index is 12.2. The van der Waals surface area contributed by atoms with Gasteiger partial charge in [-0.25, -0.2) is 4.98 Å². The minimum atomic E-state index is -0.178. The Kier molecular flexibility index (Phi) is 5.37. The van der Waals surface area contributed by atoms with Gasteiger partial charge in [0.15, 0.2) is 6.61 Å². The molecule has 0 aliphatic heterocycles. The van der Waals surface area contributed by atoms with Crippen molar-refractivity contribution in [2.45, 2.75) is 26.9 Å². The lowest BCUT2D eigenvalue weighted by molar-refractivity contribution is -0.123. The van der Waals surface area contributed by atoms with Crippen LogP contribution in [0.15, 0.2) is 55.1 Å². The van der Waals surface area contributed by atoms with Gasteiger partial charge in [0.05, 0.1) is 17.6 Å². The molecule has 26 heavy (non-hydrogen) atoms. The van der Waals surface area contributed by atoms with Crippen LogP contribution in [0, 0.1) is 13.8 Å². The van der Waals surface area contributed by atoms with Crippen molar-refractivity contribution in [3.63, 3.8) is 0 Å². The Morgan fingerprint density at radius 2 is 2.08 bits per heavy atom. The van der Waals surface area contributed by atoms with Gasteiger partial charge in [-0.2, -0.15) is 0 Å². The maximum Gasteiger partial charge on any atom is 0.258 e. The van der Waals surface area contributed by atoms with Gasteiger partial charge in [0.1, 0.15) is 11.6 Å². The second-order valence-corrected chi connectivity index (χ2v) is 6.25. The molecule has 134 valence electrons. The average Bonchev–Trinajstić information content (AvgIpc) is 2.99. The van der Waals surface area contributed by atoms with Crippen LogP contribution < -0.4 is 10.1 Å². The van der Waals surface area contributed by atoms with Crippen LogP contribution in [-0.4, -0.2) is 22.1 Å². The molecule has 0 radical (unpaired) electrons. The third-order valence-corrected chi connectivity index (χ3v) is 4.19. The number of benzene rings is 2. The van der Waals surface area contributed by atoms with Gasteiger partial charge in [0.25, 0.3) is 5.91 Å². The lowest BCUT2D eigenvalue weighted by Crippen LogP contribution is -2.29. The number of hydrogen-bond donors (Lipinski definition) is 1. The van der Waals surface area contributed by atoms with Crippen LogP contribution >= 0.6 is 0 Å². The Morgan fingerprint density at radius 3 is 2.88 bits per heavy atom. The molecular weight excluding hydrogens is 326 g/mol. The summed E-state index contributed by atoms with van der Waals surface area (Å²) in [5.41, 5.74) is 4.05. The summed E-state index contributed by atoms with van der Waals surface area (Å²) in [5, 5.41) is 2.88. The van der Waals surface area contributed by atoms with Gasteiger partial charge in [-0.1, -0.05) is 30.3 Å². The molecule has 3 aromatic rings. The predicted octanol–water partition coefficient (Wildman–Crippen LogP) is 3.53. The number of carbonyl (C=O) groups is 1. The first kappa shape index (κ1) is 17.7. The highest BCUT2D eigenvalue weighted by atomic mass is 16.5. The van der Waals surface area contributed by atoms with Crippen molar-refractivity contribution in [3.8, 4) is 5.75 Å². The fourth-order valence-corrected chi connectivity index (χ4v) is 2.83. The Labute approximate surface area is 153 Å². The van der Waals surface area contributed by atoms with E-state index in [4.69, 9.17) is 4.74 Å². The highest BCUT2D eigenvalue weighted by Crippen LogP contribution is 2.19. The molecule has 0 spiro atoms. The van der Waals surface area contributed by atoms with Gasteiger partial charge in [-0.15, -0.1) is 6.58 Å². The highest BCUT2D eigenvalue weighted by molar-refractivity contribution is 5.78. The van der Waals surface area contributed by atoms with Crippen LogP contribution in [-0.2, 0) is 17.9 Å². The number of allylic oxidation sites excluding steroid dienone is 1. The number of hydrogen-bond acceptors (Lipinski definition) is 3. The van der Waals surface area contributed by atoms with E-state index in [1.807, 2.05) is 67.0 Å². The Hall–Kier alpha value is -3.08. The number of para-hydroxylation sites is 2. The van der Waals surface area contributed by atoms with Crippen molar-refractivity contribution in [2.24, 2.45) is 0 Å². The van der Waals surface area contributed by atoms with E-state index < -0.39 is 0 Å². The number of carbonyl (C=O) groups excluding carboxylic acids is 1. The smallest absolute Gasteiger partial charge is 0.258 e. The topological polar surface area (TPSA) is 56.2 Å². The molecule has 2 aromatic carbocycles. The summed E-state index contributed by atoms with van der Waals surface area (Å²) in [4.78, 5) is 16.8. The number of aromatic nitrogens is 2. The first-order chi connectivity index (χ1) is 12.6. The molecule has 1 N–H and O–H groups in total. The lowest BCUT2D eigenvalue weighted by atomic mass is 10.1. The number of imidazole rings is 1. The molecule has 1 aromatic heterocycles. The molecule has 0 atom stereocenters. The van der Waals surface area contributed by atoms with Crippen LogP contribution in [0.1, 0.15) is 17.0 Å². The summed E-state index contributed by atoms with van der Waals surface area (Å²) in [6.45, 7) is 8.73. The number of nitrogens with zero attached hydrogens (tertiary/aromatic N) is 2. The zero-order chi connectivity index (χ0) is 18.5. The summed E-state index contributed by atoms with van der Waals surface area (Å²) in [5.74, 6) is 1.35. The molecular formula is C21H23N3O2. The maximum absolute atomic E-state index is 12.2. The van der Waals surface area contributed by atoms with E-state index in [1.54, 1.807) is 0 Å². The second kappa shape index (κ2) is 7.87. The Bertz CT molecular complexity index is 944. The normalized spacial score (nSPS) is 10.7. The standard InChI is InChI=1S/C21H23N3O2/c1-4-11-24-18-8-6-5-7-17(18)23-20(24)13-22-21(25)14-26-19-12-15(2)9-10-16(19)3/h4-10,12H,1,11,13-14H2,2-3H3,(H,22,25). The molecule has 1 heterocycles. The molecule has 5 nitrogen and oxygen atoms in total. The summed E-state index contributed by atoms with van der Waals surface area (Å²) < 4.78 is 7.70. The van der Waals surface area contributed by atoms with E-state index in [1.165, 1.54) is 0 Å². The Morgan fingerprint density at radius 1 is 1.27 bits per heavy atom. The summed E-state index contributed by atoms with van der Waals surface area (Å²) in [6.07, 6.45) is 1.82. The van der Waals surface area contributed by atoms with Gasteiger partial charge in [0, 0.05) is 6.54 Å². The van der Waals surface area contributed by atoms with Crippen LogP contribution in [0.4, 0.5) is 0 Å². The number of amides is 1. The van der Waals surface area contributed by atoms with Gasteiger partial charge in [0.2, 0.25) is 0 Å². The second-order valence-electron chi connectivity index (χ2n) is 6.25.